The predicted molar refractivity (Wildman–Crippen MR) is 97.4 cm³/mol. The number of aromatic nitrogens is 2. The summed E-state index contributed by atoms with van der Waals surface area (Å²) in [6, 6.07) is 10.8. The number of hydrogen-bond acceptors (Lipinski definition) is 2. The first-order valence-electron chi connectivity index (χ1n) is 7.13. The van der Waals surface area contributed by atoms with Crippen LogP contribution in [0.15, 0.2) is 42.9 Å². The Morgan fingerprint density at radius 1 is 1.10 bits per heavy atom. The predicted octanol–water partition coefficient (Wildman–Crippen LogP) is 4.02. The molecule has 1 aliphatic rings. The third kappa shape index (κ3) is 5.57. The first-order chi connectivity index (χ1) is 9.40. The Morgan fingerprint density at radius 3 is 2.43 bits per heavy atom. The molecule has 2 aromatic rings. The van der Waals surface area contributed by atoms with Crippen molar-refractivity contribution in [3.8, 4) is 0 Å². The molecule has 0 unspecified atom stereocenters. The van der Waals surface area contributed by atoms with E-state index in [2.05, 4.69) is 45.2 Å². The van der Waals surface area contributed by atoms with Gasteiger partial charge in [-0.25, -0.2) is 4.98 Å². The summed E-state index contributed by atoms with van der Waals surface area (Å²) >= 11 is 0. The number of H-pyrrole nitrogens is 1. The van der Waals surface area contributed by atoms with Crippen LogP contribution in [0.25, 0.3) is 0 Å². The van der Waals surface area contributed by atoms with Gasteiger partial charge < -0.3 is 4.98 Å². The molecule has 1 aromatic carbocycles. The number of rotatable bonds is 4. The van der Waals surface area contributed by atoms with E-state index in [-0.39, 0.29) is 34.0 Å². The number of likely N-dealkylation sites (tertiary alicyclic amines) is 1. The van der Waals surface area contributed by atoms with Gasteiger partial charge in [0.15, 0.2) is 0 Å². The van der Waals surface area contributed by atoms with Crippen molar-refractivity contribution in [2.45, 2.75) is 25.8 Å². The lowest BCUT2D eigenvalue weighted by Crippen LogP contribution is -2.33. The van der Waals surface area contributed by atoms with E-state index in [0.29, 0.717) is 0 Å². The Balaban J connectivity index is 0.00000110. The highest BCUT2D eigenvalue weighted by Crippen LogP contribution is 2.21. The van der Waals surface area contributed by atoms with Crippen molar-refractivity contribution in [2.24, 2.45) is 5.92 Å². The zero-order valence-corrected chi connectivity index (χ0v) is 15.5. The fourth-order valence-electron chi connectivity index (χ4n) is 2.90. The highest BCUT2D eigenvalue weighted by Gasteiger charge is 2.19. The minimum absolute atomic E-state index is 0. The highest BCUT2D eigenvalue weighted by atomic mass is 79.9. The molecule has 1 N–H and O–H groups in total. The van der Waals surface area contributed by atoms with Crippen molar-refractivity contribution >= 4 is 34.0 Å². The van der Waals surface area contributed by atoms with Crippen molar-refractivity contribution in [3.05, 3.63) is 54.1 Å². The Bertz CT molecular complexity index is 479. The van der Waals surface area contributed by atoms with Gasteiger partial charge >= 0.3 is 0 Å². The molecular weight excluding hydrogens is 394 g/mol. The molecular formula is C16H23Br2N3. The molecule has 3 rings (SSSR count). The maximum atomic E-state index is 4.09. The first kappa shape index (κ1) is 18.4. The molecule has 1 fully saturated rings. The van der Waals surface area contributed by atoms with E-state index in [1.165, 1.54) is 37.2 Å². The zero-order chi connectivity index (χ0) is 12.9. The van der Waals surface area contributed by atoms with Gasteiger partial charge in [0.05, 0.1) is 6.33 Å². The van der Waals surface area contributed by atoms with Crippen LogP contribution in [0.2, 0.25) is 0 Å². The van der Waals surface area contributed by atoms with E-state index in [0.717, 1.165) is 18.9 Å². The second-order valence-electron chi connectivity index (χ2n) is 5.49. The summed E-state index contributed by atoms with van der Waals surface area (Å²) < 4.78 is 0. The maximum Gasteiger partial charge on any atom is 0.0921 e. The van der Waals surface area contributed by atoms with Gasteiger partial charge in [-0.05, 0) is 43.8 Å². The van der Waals surface area contributed by atoms with Gasteiger partial charge in [-0.3, -0.25) is 4.90 Å². The highest BCUT2D eigenvalue weighted by molar-refractivity contribution is 8.93. The Labute approximate surface area is 147 Å². The number of nitrogens with one attached hydrogen (secondary N) is 1. The summed E-state index contributed by atoms with van der Waals surface area (Å²) in [6.07, 6.45) is 7.48. The molecule has 0 saturated carbocycles. The number of hydrogen-bond donors (Lipinski definition) is 1. The summed E-state index contributed by atoms with van der Waals surface area (Å²) in [7, 11) is 0. The second-order valence-corrected chi connectivity index (χ2v) is 5.49. The van der Waals surface area contributed by atoms with E-state index in [1.54, 1.807) is 6.33 Å². The summed E-state index contributed by atoms with van der Waals surface area (Å²) in [5.74, 6) is 0.812. The smallest absolute Gasteiger partial charge is 0.0921 e. The molecule has 0 atom stereocenters. The van der Waals surface area contributed by atoms with Crippen LogP contribution in [-0.2, 0) is 13.0 Å². The van der Waals surface area contributed by atoms with Gasteiger partial charge in [-0.1, -0.05) is 30.3 Å². The van der Waals surface area contributed by atoms with Crippen LogP contribution in [-0.4, -0.2) is 28.0 Å². The standard InChI is InChI=1S/C16H21N3.2BrH/c1-2-4-15(5-3-1)12-19-8-6-14(7-9-19)10-16-11-17-13-18-16;;/h1-5,11,13-14H,6-10,12H2,(H,17,18);2*1H. The minimum Gasteiger partial charge on any atom is -0.348 e. The van der Waals surface area contributed by atoms with Crippen LogP contribution in [0.5, 0.6) is 0 Å². The van der Waals surface area contributed by atoms with Gasteiger partial charge in [0, 0.05) is 18.4 Å². The summed E-state index contributed by atoms with van der Waals surface area (Å²) in [4.78, 5) is 9.87. The number of aromatic amines is 1. The quantitative estimate of drug-likeness (QED) is 0.815. The molecule has 21 heavy (non-hydrogen) atoms. The third-order valence-corrected chi connectivity index (χ3v) is 4.02. The van der Waals surface area contributed by atoms with E-state index in [1.807, 2.05) is 6.20 Å². The van der Waals surface area contributed by atoms with Gasteiger partial charge in [0.1, 0.15) is 0 Å². The van der Waals surface area contributed by atoms with E-state index < -0.39 is 0 Å². The third-order valence-electron chi connectivity index (χ3n) is 4.02. The number of imidazole rings is 1. The van der Waals surface area contributed by atoms with Crippen molar-refractivity contribution in [1.82, 2.24) is 14.9 Å². The monoisotopic (exact) mass is 415 g/mol. The molecule has 0 aliphatic carbocycles. The summed E-state index contributed by atoms with van der Waals surface area (Å²) in [5.41, 5.74) is 2.70. The molecule has 0 spiro atoms. The molecule has 1 aromatic heterocycles. The summed E-state index contributed by atoms with van der Waals surface area (Å²) in [5, 5.41) is 0. The number of piperidine rings is 1. The molecule has 0 bridgehead atoms. The lowest BCUT2D eigenvalue weighted by molar-refractivity contribution is 0.176. The van der Waals surface area contributed by atoms with Gasteiger partial charge in [0.25, 0.3) is 0 Å². The molecule has 1 aliphatic heterocycles. The molecule has 1 saturated heterocycles. The first-order valence-corrected chi connectivity index (χ1v) is 7.13. The van der Waals surface area contributed by atoms with E-state index in [9.17, 15) is 0 Å². The van der Waals surface area contributed by atoms with Gasteiger partial charge in [-0.2, -0.15) is 0 Å². The SMILES string of the molecule is Br.Br.c1ccc(CN2CCC(Cc3cnc[nH]3)CC2)cc1. The minimum atomic E-state index is 0. The average molecular weight is 417 g/mol. The molecule has 0 amide bonds. The second kappa shape index (κ2) is 9.38. The fourth-order valence-corrected chi connectivity index (χ4v) is 2.90. The van der Waals surface area contributed by atoms with E-state index >= 15 is 0 Å². The Morgan fingerprint density at radius 2 is 1.81 bits per heavy atom. The molecule has 116 valence electrons. The molecule has 3 nitrogen and oxygen atoms in total. The zero-order valence-electron chi connectivity index (χ0n) is 12.1. The largest absolute Gasteiger partial charge is 0.348 e. The topological polar surface area (TPSA) is 31.9 Å². The number of halogens is 2. The molecule has 0 radical (unpaired) electrons. The lowest BCUT2D eigenvalue weighted by atomic mass is 9.92. The lowest BCUT2D eigenvalue weighted by Gasteiger charge is -2.31. The van der Waals surface area contributed by atoms with Crippen LogP contribution in [0, 0.1) is 5.92 Å². The van der Waals surface area contributed by atoms with Gasteiger partial charge in [0.2, 0.25) is 0 Å². The Hall–Kier alpha value is -0.650. The summed E-state index contributed by atoms with van der Waals surface area (Å²) in [6.45, 7) is 3.53. The number of nitrogens with zero attached hydrogens (tertiary/aromatic N) is 2. The normalized spacial score (nSPS) is 16.0. The maximum absolute atomic E-state index is 4.09. The van der Waals surface area contributed by atoms with Crippen LogP contribution < -0.4 is 0 Å². The number of benzene rings is 1. The van der Waals surface area contributed by atoms with Gasteiger partial charge in [-0.15, -0.1) is 34.0 Å². The average Bonchev–Trinajstić information content (AvgIpc) is 2.95. The van der Waals surface area contributed by atoms with Crippen LogP contribution >= 0.6 is 34.0 Å². The van der Waals surface area contributed by atoms with Crippen molar-refractivity contribution in [3.63, 3.8) is 0 Å². The van der Waals surface area contributed by atoms with Crippen molar-refractivity contribution < 1.29 is 0 Å². The van der Waals surface area contributed by atoms with Crippen LogP contribution in [0.3, 0.4) is 0 Å². The van der Waals surface area contributed by atoms with Crippen molar-refractivity contribution in [2.75, 3.05) is 13.1 Å². The molecule has 5 heteroatoms. The Kier molecular flexibility index (Phi) is 8.22. The van der Waals surface area contributed by atoms with Crippen LogP contribution in [0.4, 0.5) is 0 Å². The van der Waals surface area contributed by atoms with E-state index in [4.69, 9.17) is 0 Å². The van der Waals surface area contributed by atoms with Crippen LogP contribution in [0.1, 0.15) is 24.1 Å². The molecule has 2 heterocycles. The van der Waals surface area contributed by atoms with Crippen molar-refractivity contribution in [1.29, 1.82) is 0 Å². The fraction of sp³-hybridized carbons (Fsp3) is 0.438.